The molecule has 2 aliphatic heterocycles. The maximum absolute atomic E-state index is 6.88. The van der Waals surface area contributed by atoms with Crippen LogP contribution in [0.25, 0.3) is 0 Å². The molecule has 0 saturated heterocycles. The summed E-state index contributed by atoms with van der Waals surface area (Å²) < 4.78 is 26.1. The third kappa shape index (κ3) is 3.56. The summed E-state index contributed by atoms with van der Waals surface area (Å²) in [4.78, 5) is 0. The highest BCUT2D eigenvalue weighted by molar-refractivity contribution is 5.64. The van der Waals surface area contributed by atoms with E-state index in [9.17, 15) is 0 Å². The number of methoxy groups -OCH3 is 2. The molecule has 0 aromatic heterocycles. The molecule has 0 bridgehead atoms. The van der Waals surface area contributed by atoms with E-state index in [1.807, 2.05) is 12.1 Å². The monoisotopic (exact) mass is 576 g/mol. The van der Waals surface area contributed by atoms with Crippen LogP contribution in [0, 0.1) is 5.41 Å². The van der Waals surface area contributed by atoms with Crippen LogP contribution in [0.2, 0.25) is 0 Å². The third-order valence-corrected chi connectivity index (χ3v) is 11.0. The molecule has 0 radical (unpaired) electrons. The van der Waals surface area contributed by atoms with Gasteiger partial charge in [-0.3, -0.25) is 0 Å². The second kappa shape index (κ2) is 9.54. The summed E-state index contributed by atoms with van der Waals surface area (Å²) in [6, 6.07) is 29.4. The summed E-state index contributed by atoms with van der Waals surface area (Å²) in [5, 5.41) is 0. The molecular weight excluding hydrogens is 532 g/mol. The van der Waals surface area contributed by atoms with Crippen LogP contribution in [-0.4, -0.2) is 14.2 Å². The highest BCUT2D eigenvalue weighted by Gasteiger charge is 2.73. The van der Waals surface area contributed by atoms with Gasteiger partial charge in [0.1, 0.15) is 34.5 Å². The Kier molecular flexibility index (Phi) is 6.47. The van der Waals surface area contributed by atoms with Gasteiger partial charge in [-0.2, -0.15) is 0 Å². The maximum Gasteiger partial charge on any atom is 0.134 e. The van der Waals surface area contributed by atoms with E-state index >= 15 is 0 Å². The minimum absolute atomic E-state index is 0.485. The largest absolute Gasteiger partial charge is 0.496 e. The zero-order chi connectivity index (χ0) is 31.0. The lowest BCUT2D eigenvalue weighted by atomic mass is 9.31. The second-order valence-electron chi connectivity index (χ2n) is 14.1. The van der Waals surface area contributed by atoms with Gasteiger partial charge in [0, 0.05) is 49.3 Å². The third-order valence-electron chi connectivity index (χ3n) is 11.0. The zero-order valence-corrected chi connectivity index (χ0v) is 27.2. The molecular formula is C39H44O4. The first-order valence-electron chi connectivity index (χ1n) is 15.2. The van der Waals surface area contributed by atoms with E-state index in [1.54, 1.807) is 14.2 Å². The van der Waals surface area contributed by atoms with Gasteiger partial charge in [-0.1, -0.05) is 104 Å². The van der Waals surface area contributed by atoms with Crippen LogP contribution >= 0.6 is 0 Å². The fourth-order valence-electron chi connectivity index (χ4n) is 10.6. The lowest BCUT2D eigenvalue weighted by Crippen LogP contribution is -2.71. The smallest absolute Gasteiger partial charge is 0.134 e. The molecule has 0 amide bonds. The van der Waals surface area contributed by atoms with Crippen molar-refractivity contribution in [3.05, 3.63) is 107 Å². The van der Waals surface area contributed by atoms with E-state index in [0.717, 1.165) is 56.8 Å². The van der Waals surface area contributed by atoms with Gasteiger partial charge in [0.25, 0.3) is 0 Å². The van der Waals surface area contributed by atoms with E-state index < -0.39 is 27.1 Å². The van der Waals surface area contributed by atoms with Gasteiger partial charge in [-0.15, -0.1) is 0 Å². The Morgan fingerprint density at radius 3 is 1.14 bits per heavy atom. The Morgan fingerprint density at radius 1 is 0.419 bits per heavy atom. The van der Waals surface area contributed by atoms with E-state index in [4.69, 9.17) is 18.9 Å². The minimum Gasteiger partial charge on any atom is -0.496 e. The van der Waals surface area contributed by atoms with Crippen molar-refractivity contribution in [2.24, 2.45) is 5.41 Å². The fourth-order valence-corrected chi connectivity index (χ4v) is 10.6. The molecule has 2 aliphatic rings. The average Bonchev–Trinajstić information content (AvgIpc) is 2.95. The Labute approximate surface area is 257 Å². The first-order valence-corrected chi connectivity index (χ1v) is 15.2. The molecule has 0 atom stereocenters. The molecule has 43 heavy (non-hydrogen) atoms. The molecule has 0 aliphatic carbocycles. The van der Waals surface area contributed by atoms with Crippen molar-refractivity contribution in [1.82, 2.24) is 0 Å². The molecule has 0 N–H and O–H groups in total. The maximum atomic E-state index is 6.88. The molecule has 4 heteroatoms. The van der Waals surface area contributed by atoms with Crippen LogP contribution in [0.15, 0.2) is 84.9 Å². The van der Waals surface area contributed by atoms with E-state index in [2.05, 4.69) is 128 Å². The standard InChI is InChI=1S/C39H44O4/c1-35(2)25-17-11-13-19-27(25)42-31-23-15-21-29(40-9)33(31)37(5,6)39(35)36(3,4)26-18-12-14-20-28(26)43-32-24-16-22-30(41-10)34(32)38(39,7)8/h11-24H,1-10H3. The molecule has 224 valence electrons. The highest BCUT2D eigenvalue weighted by atomic mass is 16.5. The molecule has 0 fully saturated rings. The van der Waals surface area contributed by atoms with Crippen molar-refractivity contribution < 1.29 is 18.9 Å². The summed E-state index contributed by atoms with van der Waals surface area (Å²) in [7, 11) is 3.51. The van der Waals surface area contributed by atoms with Crippen LogP contribution in [0.4, 0.5) is 0 Å². The summed E-state index contributed by atoms with van der Waals surface area (Å²) in [6.45, 7) is 19.2. The van der Waals surface area contributed by atoms with Gasteiger partial charge in [0.05, 0.1) is 14.2 Å². The van der Waals surface area contributed by atoms with Gasteiger partial charge in [-0.25, -0.2) is 0 Å². The molecule has 4 nitrogen and oxygen atoms in total. The molecule has 4 aromatic carbocycles. The van der Waals surface area contributed by atoms with Gasteiger partial charge < -0.3 is 18.9 Å². The number of ether oxygens (including phenoxy) is 4. The molecule has 0 unspecified atom stereocenters. The average molecular weight is 577 g/mol. The number of hydrogen-bond acceptors (Lipinski definition) is 4. The van der Waals surface area contributed by atoms with Crippen LogP contribution in [0.5, 0.6) is 34.5 Å². The van der Waals surface area contributed by atoms with Crippen molar-refractivity contribution in [2.45, 2.75) is 77.0 Å². The predicted molar refractivity (Wildman–Crippen MR) is 174 cm³/mol. The normalized spacial score (nSPS) is 19.8. The van der Waals surface area contributed by atoms with Crippen LogP contribution in [-0.2, 0) is 21.7 Å². The van der Waals surface area contributed by atoms with E-state index in [0.29, 0.717) is 0 Å². The van der Waals surface area contributed by atoms with Crippen LogP contribution in [0.1, 0.15) is 77.6 Å². The van der Waals surface area contributed by atoms with Crippen molar-refractivity contribution in [1.29, 1.82) is 0 Å². The van der Waals surface area contributed by atoms with E-state index in [-0.39, 0.29) is 0 Å². The lowest BCUT2D eigenvalue weighted by Gasteiger charge is -2.71. The number of rotatable bonds is 2. The Balaban J connectivity index is 1.93. The molecule has 6 rings (SSSR count). The highest BCUT2D eigenvalue weighted by Crippen LogP contribution is 2.75. The van der Waals surface area contributed by atoms with Crippen molar-refractivity contribution in [3.63, 3.8) is 0 Å². The molecule has 4 aromatic rings. The summed E-state index contributed by atoms with van der Waals surface area (Å²) in [6.07, 6.45) is 0. The lowest BCUT2D eigenvalue weighted by molar-refractivity contribution is -0.0964. The summed E-state index contributed by atoms with van der Waals surface area (Å²) in [5.74, 6) is 4.96. The Morgan fingerprint density at radius 2 is 0.767 bits per heavy atom. The van der Waals surface area contributed by atoms with Crippen molar-refractivity contribution in [3.8, 4) is 34.5 Å². The van der Waals surface area contributed by atoms with Gasteiger partial charge >= 0.3 is 0 Å². The van der Waals surface area contributed by atoms with Gasteiger partial charge in [0.15, 0.2) is 0 Å². The summed E-state index contributed by atoms with van der Waals surface area (Å²) >= 11 is 0. The number of hydrogen-bond donors (Lipinski definition) is 0. The summed E-state index contributed by atoms with van der Waals surface area (Å²) in [5.41, 5.74) is 1.77. The topological polar surface area (TPSA) is 36.9 Å². The SMILES string of the molecule is COc1cccc2c1C(C)(C)C1(C(C)(C)c3ccccc3O2)C(C)(C)c2ccccc2Oc2cccc(OC)c2C1(C)C. The Hall–Kier alpha value is -3.92. The van der Waals surface area contributed by atoms with Gasteiger partial charge in [0.2, 0.25) is 0 Å². The van der Waals surface area contributed by atoms with Crippen LogP contribution in [0.3, 0.4) is 0 Å². The minimum atomic E-state index is -0.577. The number of fused-ring (bicyclic) bond motifs is 4. The molecule has 2 heterocycles. The quantitative estimate of drug-likeness (QED) is 0.238. The van der Waals surface area contributed by atoms with Crippen LogP contribution < -0.4 is 18.9 Å². The fraction of sp³-hybridized carbons (Fsp3) is 0.385. The first kappa shape index (κ1) is 29.2. The van der Waals surface area contributed by atoms with Crippen molar-refractivity contribution >= 4 is 0 Å². The van der Waals surface area contributed by atoms with E-state index in [1.165, 1.54) is 0 Å². The Bertz CT molecular complexity index is 1580. The molecule has 0 saturated carbocycles. The van der Waals surface area contributed by atoms with Gasteiger partial charge in [-0.05, 0) is 36.4 Å². The zero-order valence-electron chi connectivity index (χ0n) is 27.2. The second-order valence-corrected chi connectivity index (χ2v) is 14.1. The predicted octanol–water partition coefficient (Wildman–Crippen LogP) is 10.1. The first-order chi connectivity index (χ1) is 20.3. The molecule has 1 spiro atoms. The van der Waals surface area contributed by atoms with Crippen molar-refractivity contribution in [2.75, 3.05) is 14.2 Å². The number of benzene rings is 4. The number of para-hydroxylation sites is 2.